The highest BCUT2D eigenvalue weighted by Gasteiger charge is 2.19. The fraction of sp³-hybridized carbons (Fsp3) is 0.200. The standard InChI is InChI=1S/C15H12Br2F2O2/c1-21-8-2-3-11(16)9(6-8)14(20)7-10-13(18)5-4-12(17)15(10)19/h2-6,14,20H,7H2,1H3. The van der Waals surface area contributed by atoms with Gasteiger partial charge in [0.15, 0.2) is 0 Å². The molecule has 0 bridgehead atoms. The lowest BCUT2D eigenvalue weighted by Gasteiger charge is -2.15. The Morgan fingerprint density at radius 1 is 1.14 bits per heavy atom. The molecule has 2 nitrogen and oxygen atoms in total. The number of methoxy groups -OCH3 is 1. The molecule has 1 unspecified atom stereocenters. The molecule has 21 heavy (non-hydrogen) atoms. The highest BCUT2D eigenvalue weighted by Crippen LogP contribution is 2.32. The van der Waals surface area contributed by atoms with Crippen molar-refractivity contribution in [2.24, 2.45) is 0 Å². The molecule has 0 radical (unpaired) electrons. The van der Waals surface area contributed by atoms with Gasteiger partial charge in [-0.25, -0.2) is 8.78 Å². The van der Waals surface area contributed by atoms with Gasteiger partial charge in [-0.05, 0) is 51.8 Å². The van der Waals surface area contributed by atoms with Crippen molar-refractivity contribution >= 4 is 31.9 Å². The highest BCUT2D eigenvalue weighted by atomic mass is 79.9. The Balaban J connectivity index is 2.34. The molecule has 6 heteroatoms. The summed E-state index contributed by atoms with van der Waals surface area (Å²) in [7, 11) is 1.51. The molecule has 0 aromatic heterocycles. The van der Waals surface area contributed by atoms with Crippen LogP contribution in [0.15, 0.2) is 39.3 Å². The average Bonchev–Trinajstić information content (AvgIpc) is 2.48. The smallest absolute Gasteiger partial charge is 0.143 e. The fourth-order valence-corrected chi connectivity index (χ4v) is 2.85. The summed E-state index contributed by atoms with van der Waals surface area (Å²) in [6.45, 7) is 0. The Labute approximate surface area is 138 Å². The highest BCUT2D eigenvalue weighted by molar-refractivity contribution is 9.10. The molecule has 0 spiro atoms. The maximum atomic E-state index is 14.0. The molecule has 2 rings (SSSR count). The van der Waals surface area contributed by atoms with E-state index in [0.29, 0.717) is 15.8 Å². The molecule has 1 atom stereocenters. The maximum Gasteiger partial charge on any atom is 0.143 e. The molecular weight excluding hydrogens is 410 g/mol. The van der Waals surface area contributed by atoms with Crippen LogP contribution in [0.1, 0.15) is 17.2 Å². The van der Waals surface area contributed by atoms with Crippen molar-refractivity contribution in [1.82, 2.24) is 0 Å². The van der Waals surface area contributed by atoms with Crippen LogP contribution >= 0.6 is 31.9 Å². The fourth-order valence-electron chi connectivity index (χ4n) is 1.96. The minimum absolute atomic E-state index is 0.161. The van der Waals surface area contributed by atoms with Crippen LogP contribution in [-0.4, -0.2) is 12.2 Å². The summed E-state index contributed by atoms with van der Waals surface area (Å²) in [5.74, 6) is -0.829. The van der Waals surface area contributed by atoms with Crippen LogP contribution in [0.25, 0.3) is 0 Å². The summed E-state index contributed by atoms with van der Waals surface area (Å²) >= 11 is 6.32. The largest absolute Gasteiger partial charge is 0.497 e. The zero-order chi connectivity index (χ0) is 15.6. The van der Waals surface area contributed by atoms with Gasteiger partial charge in [0.2, 0.25) is 0 Å². The predicted octanol–water partition coefficient (Wildman–Crippen LogP) is 4.77. The lowest BCUT2D eigenvalue weighted by molar-refractivity contribution is 0.174. The van der Waals surface area contributed by atoms with Crippen molar-refractivity contribution in [3.05, 3.63) is 62.0 Å². The van der Waals surface area contributed by atoms with Gasteiger partial charge in [0.25, 0.3) is 0 Å². The molecule has 0 aliphatic carbocycles. The van der Waals surface area contributed by atoms with Gasteiger partial charge in [-0.15, -0.1) is 0 Å². The van der Waals surface area contributed by atoms with E-state index in [9.17, 15) is 13.9 Å². The van der Waals surface area contributed by atoms with E-state index in [0.717, 1.165) is 6.07 Å². The van der Waals surface area contributed by atoms with Gasteiger partial charge in [-0.1, -0.05) is 15.9 Å². The molecule has 0 aliphatic rings. The second-order valence-corrected chi connectivity index (χ2v) is 6.14. The van der Waals surface area contributed by atoms with E-state index in [4.69, 9.17) is 4.74 Å². The average molecular weight is 422 g/mol. The molecule has 2 aromatic carbocycles. The maximum absolute atomic E-state index is 14.0. The summed E-state index contributed by atoms with van der Waals surface area (Å²) in [6.07, 6.45) is -1.24. The van der Waals surface area contributed by atoms with E-state index in [1.54, 1.807) is 18.2 Å². The van der Waals surface area contributed by atoms with E-state index in [1.165, 1.54) is 13.2 Å². The second-order valence-electron chi connectivity index (χ2n) is 4.43. The molecule has 1 N–H and O–H groups in total. The Morgan fingerprint density at radius 3 is 2.48 bits per heavy atom. The van der Waals surface area contributed by atoms with Crippen LogP contribution in [0.5, 0.6) is 5.75 Å². The first-order valence-electron chi connectivity index (χ1n) is 6.08. The molecule has 0 saturated carbocycles. The van der Waals surface area contributed by atoms with E-state index >= 15 is 0 Å². The van der Waals surface area contributed by atoms with Crippen LogP contribution in [0.3, 0.4) is 0 Å². The van der Waals surface area contributed by atoms with Gasteiger partial charge in [-0.3, -0.25) is 0 Å². The first-order chi connectivity index (χ1) is 9.93. The van der Waals surface area contributed by atoms with Crippen molar-refractivity contribution in [3.63, 3.8) is 0 Å². The van der Waals surface area contributed by atoms with Crippen molar-refractivity contribution in [2.75, 3.05) is 7.11 Å². The summed E-state index contributed by atoms with van der Waals surface area (Å²) in [6, 6.07) is 7.52. The van der Waals surface area contributed by atoms with Gasteiger partial charge in [0.1, 0.15) is 17.4 Å². The Hall–Kier alpha value is -0.980. The first-order valence-corrected chi connectivity index (χ1v) is 7.66. The van der Waals surface area contributed by atoms with Crippen molar-refractivity contribution in [2.45, 2.75) is 12.5 Å². The number of aliphatic hydroxyl groups is 1. The van der Waals surface area contributed by atoms with E-state index in [2.05, 4.69) is 31.9 Å². The van der Waals surface area contributed by atoms with Crippen LogP contribution in [-0.2, 0) is 6.42 Å². The van der Waals surface area contributed by atoms with Crippen LogP contribution < -0.4 is 4.74 Å². The second kappa shape index (κ2) is 6.85. The van der Waals surface area contributed by atoms with Crippen molar-refractivity contribution < 1.29 is 18.6 Å². The SMILES string of the molecule is COc1ccc(Br)c(C(O)Cc2c(F)ccc(Br)c2F)c1. The Kier molecular flexibility index (Phi) is 5.35. The molecule has 0 heterocycles. The first kappa shape index (κ1) is 16.4. The third kappa shape index (κ3) is 3.62. The van der Waals surface area contributed by atoms with Gasteiger partial charge < -0.3 is 9.84 Å². The third-order valence-electron chi connectivity index (χ3n) is 3.10. The van der Waals surface area contributed by atoms with Crippen LogP contribution in [0.2, 0.25) is 0 Å². The number of ether oxygens (including phenoxy) is 1. The molecular formula is C15H12Br2F2O2. The molecule has 0 amide bonds. The Bertz CT molecular complexity index is 662. The number of rotatable bonds is 4. The summed E-state index contributed by atoms with van der Waals surface area (Å²) in [4.78, 5) is 0. The number of aliphatic hydroxyl groups excluding tert-OH is 1. The zero-order valence-electron chi connectivity index (χ0n) is 11.0. The Morgan fingerprint density at radius 2 is 1.81 bits per heavy atom. The summed E-state index contributed by atoms with van der Waals surface area (Å²) < 4.78 is 33.6. The summed E-state index contributed by atoms with van der Waals surface area (Å²) in [5.41, 5.74) is 0.347. The van der Waals surface area contributed by atoms with Crippen molar-refractivity contribution in [3.8, 4) is 5.75 Å². The van der Waals surface area contributed by atoms with Gasteiger partial charge >= 0.3 is 0 Å². The van der Waals surface area contributed by atoms with Gasteiger partial charge in [0, 0.05) is 16.5 Å². The molecule has 112 valence electrons. The normalized spacial score (nSPS) is 12.3. The van der Waals surface area contributed by atoms with Crippen molar-refractivity contribution in [1.29, 1.82) is 0 Å². The molecule has 0 aliphatic heterocycles. The minimum Gasteiger partial charge on any atom is -0.497 e. The molecule has 0 fully saturated rings. The zero-order valence-corrected chi connectivity index (χ0v) is 14.2. The number of hydrogen-bond acceptors (Lipinski definition) is 2. The molecule has 2 aromatic rings. The van der Waals surface area contributed by atoms with E-state index < -0.39 is 17.7 Å². The van der Waals surface area contributed by atoms with E-state index in [1.807, 2.05) is 0 Å². The van der Waals surface area contributed by atoms with E-state index in [-0.39, 0.29) is 16.5 Å². The lowest BCUT2D eigenvalue weighted by atomic mass is 10.0. The number of benzene rings is 2. The topological polar surface area (TPSA) is 29.5 Å². The summed E-state index contributed by atoms with van der Waals surface area (Å²) in [5, 5.41) is 10.3. The predicted molar refractivity (Wildman–Crippen MR) is 83.4 cm³/mol. The van der Waals surface area contributed by atoms with Crippen LogP contribution in [0.4, 0.5) is 8.78 Å². The molecule has 0 saturated heterocycles. The van der Waals surface area contributed by atoms with Gasteiger partial charge in [0.05, 0.1) is 17.7 Å². The minimum atomic E-state index is -1.06. The van der Waals surface area contributed by atoms with Gasteiger partial charge in [-0.2, -0.15) is 0 Å². The lowest BCUT2D eigenvalue weighted by Crippen LogP contribution is -2.07. The number of hydrogen-bond donors (Lipinski definition) is 1. The van der Waals surface area contributed by atoms with Crippen LogP contribution in [0, 0.1) is 11.6 Å². The quantitative estimate of drug-likeness (QED) is 0.720. The monoisotopic (exact) mass is 420 g/mol. The number of halogens is 4. The third-order valence-corrected chi connectivity index (χ3v) is 4.43.